The number of nitrogens with zero attached hydrogens (tertiary/aromatic N) is 5. The molecular formula is C27H38N6O3. The maximum atomic E-state index is 13.2. The van der Waals surface area contributed by atoms with Crippen LogP contribution in [0.15, 0.2) is 23.0 Å². The number of rotatable bonds is 9. The molecule has 2 aromatic heterocycles. The molecule has 194 valence electrons. The van der Waals surface area contributed by atoms with Crippen LogP contribution in [0.4, 0.5) is 0 Å². The Kier molecular flexibility index (Phi) is 7.50. The van der Waals surface area contributed by atoms with E-state index >= 15 is 0 Å². The first-order chi connectivity index (χ1) is 17.4. The molecule has 3 atom stereocenters. The molecule has 2 aliphatic heterocycles. The molecule has 2 fully saturated rings. The molecule has 0 amide bonds. The van der Waals surface area contributed by atoms with Crippen LogP contribution in [0.1, 0.15) is 68.1 Å². The maximum absolute atomic E-state index is 13.2. The maximum Gasteiger partial charge on any atom is 0.252 e. The molecular weight excluding hydrogens is 456 g/mol. The molecule has 36 heavy (non-hydrogen) atoms. The molecule has 3 aromatic rings. The van der Waals surface area contributed by atoms with Crippen molar-refractivity contribution in [1.82, 2.24) is 30.1 Å². The van der Waals surface area contributed by atoms with Crippen LogP contribution in [0.3, 0.4) is 0 Å². The van der Waals surface area contributed by atoms with Gasteiger partial charge in [-0.1, -0.05) is 13.8 Å². The second-order valence-electron chi connectivity index (χ2n) is 10.8. The molecule has 0 saturated carbocycles. The SMILES string of the molecule is Cc1cc2cc(CN(C[C@@H]3CCCO3)[C@@H](c3nnnn3C[C@@H]3CCCO3)C(C)C)c(=O)[nH]c2cc1C. The molecule has 4 heterocycles. The van der Waals surface area contributed by atoms with Gasteiger partial charge in [0.25, 0.3) is 5.56 Å². The van der Waals surface area contributed by atoms with Crippen LogP contribution in [0.25, 0.3) is 10.9 Å². The molecule has 0 bridgehead atoms. The van der Waals surface area contributed by atoms with Gasteiger partial charge in [0.2, 0.25) is 0 Å². The summed E-state index contributed by atoms with van der Waals surface area (Å²) in [6.45, 7) is 12.0. The summed E-state index contributed by atoms with van der Waals surface area (Å²) in [7, 11) is 0. The number of nitrogens with one attached hydrogen (secondary N) is 1. The van der Waals surface area contributed by atoms with Crippen LogP contribution in [-0.4, -0.2) is 62.1 Å². The molecule has 1 N–H and O–H groups in total. The van der Waals surface area contributed by atoms with Gasteiger partial charge in [-0.05, 0) is 90.6 Å². The topological polar surface area (TPSA) is 98.2 Å². The average Bonchev–Trinajstić information content (AvgIpc) is 3.61. The monoisotopic (exact) mass is 494 g/mol. The molecule has 0 spiro atoms. The van der Waals surface area contributed by atoms with Crippen molar-refractivity contribution in [3.63, 3.8) is 0 Å². The Morgan fingerprint density at radius 3 is 2.50 bits per heavy atom. The highest BCUT2D eigenvalue weighted by Crippen LogP contribution is 2.31. The van der Waals surface area contributed by atoms with E-state index in [0.29, 0.717) is 13.1 Å². The van der Waals surface area contributed by atoms with Gasteiger partial charge in [0.05, 0.1) is 24.8 Å². The Balaban J connectivity index is 1.50. The van der Waals surface area contributed by atoms with Crippen LogP contribution in [-0.2, 0) is 22.6 Å². The van der Waals surface area contributed by atoms with E-state index in [1.54, 1.807) is 0 Å². The largest absolute Gasteiger partial charge is 0.377 e. The second-order valence-corrected chi connectivity index (χ2v) is 10.8. The summed E-state index contributed by atoms with van der Waals surface area (Å²) in [4.78, 5) is 18.7. The van der Waals surface area contributed by atoms with Crippen LogP contribution in [0, 0.1) is 19.8 Å². The van der Waals surface area contributed by atoms with E-state index in [0.717, 1.165) is 67.7 Å². The molecule has 2 aliphatic rings. The summed E-state index contributed by atoms with van der Waals surface area (Å²) < 4.78 is 13.8. The van der Waals surface area contributed by atoms with Crippen molar-refractivity contribution in [3.8, 4) is 0 Å². The number of tetrazole rings is 1. The minimum atomic E-state index is -0.0690. The molecule has 5 rings (SSSR count). The van der Waals surface area contributed by atoms with E-state index in [9.17, 15) is 4.79 Å². The fourth-order valence-electron chi connectivity index (χ4n) is 5.60. The number of H-pyrrole nitrogens is 1. The Morgan fingerprint density at radius 1 is 1.08 bits per heavy atom. The quantitative estimate of drug-likeness (QED) is 0.484. The first-order valence-corrected chi connectivity index (χ1v) is 13.3. The highest BCUT2D eigenvalue weighted by Gasteiger charge is 2.33. The van der Waals surface area contributed by atoms with Gasteiger partial charge in [-0.3, -0.25) is 9.69 Å². The van der Waals surface area contributed by atoms with Crippen molar-refractivity contribution in [3.05, 3.63) is 51.1 Å². The van der Waals surface area contributed by atoms with Crippen molar-refractivity contribution in [2.24, 2.45) is 5.92 Å². The number of pyridine rings is 1. The van der Waals surface area contributed by atoms with Crippen molar-refractivity contribution < 1.29 is 9.47 Å². The summed E-state index contributed by atoms with van der Waals surface area (Å²) in [5.74, 6) is 1.05. The number of aromatic amines is 1. The third-order valence-electron chi connectivity index (χ3n) is 7.62. The number of hydrogen-bond acceptors (Lipinski definition) is 7. The van der Waals surface area contributed by atoms with Gasteiger partial charge in [0.15, 0.2) is 5.82 Å². The highest BCUT2D eigenvalue weighted by molar-refractivity contribution is 5.80. The van der Waals surface area contributed by atoms with Gasteiger partial charge in [-0.2, -0.15) is 0 Å². The lowest BCUT2D eigenvalue weighted by molar-refractivity contribution is 0.0365. The fraction of sp³-hybridized carbons (Fsp3) is 0.630. The molecule has 1 aromatic carbocycles. The van der Waals surface area contributed by atoms with Gasteiger partial charge in [0.1, 0.15) is 0 Å². The predicted molar refractivity (Wildman–Crippen MR) is 138 cm³/mol. The van der Waals surface area contributed by atoms with Crippen molar-refractivity contribution >= 4 is 10.9 Å². The van der Waals surface area contributed by atoms with Gasteiger partial charge in [0, 0.05) is 37.4 Å². The lowest BCUT2D eigenvalue weighted by Crippen LogP contribution is -2.40. The minimum Gasteiger partial charge on any atom is -0.377 e. The Morgan fingerprint density at radius 2 is 1.81 bits per heavy atom. The van der Waals surface area contributed by atoms with E-state index in [2.05, 4.69) is 65.2 Å². The van der Waals surface area contributed by atoms with E-state index in [4.69, 9.17) is 9.47 Å². The van der Waals surface area contributed by atoms with Crippen LogP contribution in [0.2, 0.25) is 0 Å². The van der Waals surface area contributed by atoms with E-state index in [-0.39, 0.29) is 29.7 Å². The van der Waals surface area contributed by atoms with Gasteiger partial charge in [-0.15, -0.1) is 5.10 Å². The molecule has 0 radical (unpaired) electrons. The summed E-state index contributed by atoms with van der Waals surface area (Å²) in [6.07, 6.45) is 4.46. The lowest BCUT2D eigenvalue weighted by Gasteiger charge is -2.35. The van der Waals surface area contributed by atoms with Gasteiger partial charge >= 0.3 is 0 Å². The van der Waals surface area contributed by atoms with E-state index < -0.39 is 0 Å². The number of aryl methyl sites for hydroxylation is 2. The second kappa shape index (κ2) is 10.8. The number of hydrogen-bond donors (Lipinski definition) is 1. The van der Waals surface area contributed by atoms with Crippen LogP contribution >= 0.6 is 0 Å². The molecule has 0 unspecified atom stereocenters. The van der Waals surface area contributed by atoms with E-state index in [1.165, 1.54) is 11.1 Å². The molecule has 9 heteroatoms. The Labute approximate surface area is 212 Å². The summed E-state index contributed by atoms with van der Waals surface area (Å²) in [5, 5.41) is 13.9. The first kappa shape index (κ1) is 25.0. The Bertz CT molecular complexity index is 1240. The van der Waals surface area contributed by atoms with Gasteiger partial charge in [-0.25, -0.2) is 4.68 Å². The van der Waals surface area contributed by atoms with Crippen LogP contribution < -0.4 is 5.56 Å². The van der Waals surface area contributed by atoms with Crippen LogP contribution in [0.5, 0.6) is 0 Å². The lowest BCUT2D eigenvalue weighted by atomic mass is 9.99. The highest BCUT2D eigenvalue weighted by atomic mass is 16.5. The average molecular weight is 495 g/mol. The fourth-order valence-corrected chi connectivity index (χ4v) is 5.60. The van der Waals surface area contributed by atoms with E-state index in [1.807, 2.05) is 10.7 Å². The third kappa shape index (κ3) is 5.38. The standard InChI is InChI=1S/C27H38N6O3/c1-17(2)25(26-29-30-31-33(26)16-23-8-6-10-36-23)32(15-22-7-5-9-35-22)14-21-13-20-11-18(3)19(4)12-24(20)28-27(21)34/h11-13,17,22-23,25H,5-10,14-16H2,1-4H3,(H,28,34)/t22-,23-,25+/m0/s1. The number of ether oxygens (including phenoxy) is 2. The first-order valence-electron chi connectivity index (χ1n) is 13.3. The van der Waals surface area contributed by atoms with Crippen molar-refractivity contribution in [2.45, 2.75) is 84.7 Å². The summed E-state index contributed by atoms with van der Waals surface area (Å²) in [5.41, 5.74) is 3.95. The van der Waals surface area contributed by atoms with Crippen molar-refractivity contribution in [1.29, 1.82) is 0 Å². The molecule has 2 saturated heterocycles. The zero-order valence-corrected chi connectivity index (χ0v) is 21.9. The predicted octanol–water partition coefficient (Wildman–Crippen LogP) is 3.69. The molecule has 9 nitrogen and oxygen atoms in total. The minimum absolute atomic E-state index is 0.0513. The number of benzene rings is 1. The summed E-state index contributed by atoms with van der Waals surface area (Å²) in [6, 6.07) is 6.17. The summed E-state index contributed by atoms with van der Waals surface area (Å²) >= 11 is 0. The number of fused-ring (bicyclic) bond motifs is 1. The third-order valence-corrected chi connectivity index (χ3v) is 7.62. The zero-order valence-electron chi connectivity index (χ0n) is 21.9. The smallest absolute Gasteiger partial charge is 0.252 e. The Hall–Kier alpha value is -2.62. The molecule has 0 aliphatic carbocycles. The van der Waals surface area contributed by atoms with Gasteiger partial charge < -0.3 is 14.5 Å². The zero-order chi connectivity index (χ0) is 25.2. The normalized spacial score (nSPS) is 21.3. The number of aromatic nitrogens is 5. The van der Waals surface area contributed by atoms with Crippen molar-refractivity contribution in [2.75, 3.05) is 19.8 Å².